The average Bonchev–Trinajstić information content (AvgIpc) is 3.29. The van der Waals surface area contributed by atoms with Gasteiger partial charge in [0.25, 0.3) is 0 Å². The molecule has 6 heteroatoms. The molecular formula is C16H24N2O3S. The van der Waals surface area contributed by atoms with E-state index < -0.39 is 9.84 Å². The number of nitrogens with one attached hydrogen (secondary N) is 1. The summed E-state index contributed by atoms with van der Waals surface area (Å²) >= 11 is 0. The summed E-state index contributed by atoms with van der Waals surface area (Å²) in [5, 5.41) is 2.86. The van der Waals surface area contributed by atoms with Gasteiger partial charge in [-0.25, -0.2) is 13.2 Å². The molecule has 1 aliphatic carbocycles. The Bertz CT molecular complexity index is 619. The van der Waals surface area contributed by atoms with Crippen molar-refractivity contribution in [1.29, 1.82) is 0 Å². The lowest BCUT2D eigenvalue weighted by atomic mass is 10.2. The molecule has 0 unspecified atom stereocenters. The summed E-state index contributed by atoms with van der Waals surface area (Å²) < 4.78 is 23.5. The number of amides is 2. The van der Waals surface area contributed by atoms with Crippen molar-refractivity contribution in [3.8, 4) is 0 Å². The third-order valence-electron chi connectivity index (χ3n) is 3.66. The molecule has 0 aromatic heterocycles. The fourth-order valence-corrected chi connectivity index (χ4v) is 3.17. The van der Waals surface area contributed by atoms with E-state index in [-0.39, 0.29) is 16.7 Å². The van der Waals surface area contributed by atoms with Crippen molar-refractivity contribution in [2.75, 3.05) is 17.6 Å². The zero-order chi connectivity index (χ0) is 16.3. The molecule has 1 fully saturated rings. The number of benzene rings is 1. The second-order valence-electron chi connectivity index (χ2n) is 6.14. The molecule has 0 radical (unpaired) electrons. The van der Waals surface area contributed by atoms with Crippen LogP contribution in [-0.4, -0.2) is 37.7 Å². The van der Waals surface area contributed by atoms with E-state index in [1.54, 1.807) is 31.2 Å². The van der Waals surface area contributed by atoms with Crippen molar-refractivity contribution in [1.82, 2.24) is 4.90 Å². The Hall–Kier alpha value is -1.56. The van der Waals surface area contributed by atoms with Crippen molar-refractivity contribution in [2.24, 2.45) is 5.92 Å². The maximum Gasteiger partial charge on any atom is 0.322 e. The van der Waals surface area contributed by atoms with Crippen LogP contribution in [0.5, 0.6) is 0 Å². The van der Waals surface area contributed by atoms with Gasteiger partial charge in [-0.1, -0.05) is 20.8 Å². The second-order valence-corrected chi connectivity index (χ2v) is 8.41. The first-order chi connectivity index (χ1) is 10.3. The van der Waals surface area contributed by atoms with Gasteiger partial charge in [0.1, 0.15) is 0 Å². The highest BCUT2D eigenvalue weighted by molar-refractivity contribution is 7.91. The number of sulfone groups is 1. The number of hydrogen-bond acceptors (Lipinski definition) is 3. The Balaban J connectivity index is 2.05. The molecule has 1 aliphatic rings. The van der Waals surface area contributed by atoms with Crippen LogP contribution in [-0.2, 0) is 9.84 Å². The van der Waals surface area contributed by atoms with Crippen LogP contribution in [0, 0.1) is 5.92 Å². The number of carbonyl (C=O) groups is 1. The number of rotatable bonds is 6. The Morgan fingerprint density at radius 1 is 1.27 bits per heavy atom. The molecule has 0 atom stereocenters. The van der Waals surface area contributed by atoms with Gasteiger partial charge in [0.05, 0.1) is 10.6 Å². The first-order valence-corrected chi connectivity index (χ1v) is 9.39. The smallest absolute Gasteiger partial charge is 0.321 e. The molecule has 0 saturated heterocycles. The molecular weight excluding hydrogens is 300 g/mol. The van der Waals surface area contributed by atoms with Crippen LogP contribution in [0.15, 0.2) is 29.2 Å². The third-order valence-corrected chi connectivity index (χ3v) is 5.41. The molecule has 22 heavy (non-hydrogen) atoms. The monoisotopic (exact) mass is 324 g/mol. The van der Waals surface area contributed by atoms with Gasteiger partial charge in [0, 0.05) is 18.3 Å². The predicted octanol–water partition coefficient (Wildman–Crippen LogP) is 3.13. The molecule has 0 bridgehead atoms. The number of anilines is 1. The number of urea groups is 1. The van der Waals surface area contributed by atoms with Gasteiger partial charge in [-0.05, 0) is 43.0 Å². The zero-order valence-electron chi connectivity index (χ0n) is 13.4. The third kappa shape index (κ3) is 4.22. The fourth-order valence-electron chi connectivity index (χ4n) is 2.28. The van der Waals surface area contributed by atoms with E-state index >= 15 is 0 Å². The lowest BCUT2D eigenvalue weighted by molar-refractivity contribution is 0.201. The minimum Gasteiger partial charge on any atom is -0.321 e. The first kappa shape index (κ1) is 16.8. The van der Waals surface area contributed by atoms with E-state index in [1.807, 2.05) is 4.90 Å². The van der Waals surface area contributed by atoms with Gasteiger partial charge in [0.15, 0.2) is 9.84 Å². The normalized spacial score (nSPS) is 14.9. The maximum absolute atomic E-state index is 12.4. The number of hydrogen-bond donors (Lipinski definition) is 1. The van der Waals surface area contributed by atoms with E-state index in [4.69, 9.17) is 0 Å². The second kappa shape index (κ2) is 6.69. The SMILES string of the molecule is CCS(=O)(=O)c1ccc(NC(=O)N(CC(C)C)C2CC2)cc1. The summed E-state index contributed by atoms with van der Waals surface area (Å²) in [5.74, 6) is 0.492. The highest BCUT2D eigenvalue weighted by Crippen LogP contribution is 2.28. The molecule has 5 nitrogen and oxygen atoms in total. The topological polar surface area (TPSA) is 66.5 Å². The van der Waals surface area contributed by atoms with Gasteiger partial charge < -0.3 is 10.2 Å². The van der Waals surface area contributed by atoms with Crippen LogP contribution in [0.1, 0.15) is 33.6 Å². The lowest BCUT2D eigenvalue weighted by Gasteiger charge is -2.24. The largest absolute Gasteiger partial charge is 0.322 e. The summed E-state index contributed by atoms with van der Waals surface area (Å²) in [6.07, 6.45) is 2.13. The molecule has 0 spiro atoms. The first-order valence-electron chi connectivity index (χ1n) is 7.74. The van der Waals surface area contributed by atoms with Crippen LogP contribution in [0.25, 0.3) is 0 Å². The molecule has 2 amide bonds. The van der Waals surface area contributed by atoms with E-state index in [9.17, 15) is 13.2 Å². The van der Waals surface area contributed by atoms with Crippen molar-refractivity contribution >= 4 is 21.6 Å². The maximum atomic E-state index is 12.4. The summed E-state index contributed by atoms with van der Waals surface area (Å²) in [7, 11) is -3.20. The van der Waals surface area contributed by atoms with E-state index in [0.717, 1.165) is 19.4 Å². The Morgan fingerprint density at radius 2 is 1.86 bits per heavy atom. The van der Waals surface area contributed by atoms with Crippen LogP contribution in [0.2, 0.25) is 0 Å². The van der Waals surface area contributed by atoms with Gasteiger partial charge in [-0.15, -0.1) is 0 Å². The Labute approximate surface area is 132 Å². The number of nitrogens with zero attached hydrogens (tertiary/aromatic N) is 1. The van der Waals surface area contributed by atoms with Crippen LogP contribution >= 0.6 is 0 Å². The van der Waals surface area contributed by atoms with Crippen molar-refractivity contribution in [2.45, 2.75) is 44.6 Å². The summed E-state index contributed by atoms with van der Waals surface area (Å²) in [6.45, 7) is 6.53. The van der Waals surface area contributed by atoms with Crippen molar-refractivity contribution < 1.29 is 13.2 Å². The predicted molar refractivity (Wildman–Crippen MR) is 87.8 cm³/mol. The lowest BCUT2D eigenvalue weighted by Crippen LogP contribution is -2.39. The quantitative estimate of drug-likeness (QED) is 0.874. The molecule has 1 saturated carbocycles. The van der Waals surface area contributed by atoms with E-state index in [2.05, 4.69) is 19.2 Å². The average molecular weight is 324 g/mol. The molecule has 2 rings (SSSR count). The van der Waals surface area contributed by atoms with E-state index in [0.29, 0.717) is 17.6 Å². The van der Waals surface area contributed by atoms with Crippen LogP contribution < -0.4 is 5.32 Å². The highest BCUT2D eigenvalue weighted by atomic mass is 32.2. The summed E-state index contributed by atoms with van der Waals surface area (Å²) in [6, 6.07) is 6.60. The fraction of sp³-hybridized carbons (Fsp3) is 0.562. The zero-order valence-corrected chi connectivity index (χ0v) is 14.2. The molecule has 1 N–H and O–H groups in total. The summed E-state index contributed by atoms with van der Waals surface area (Å²) in [4.78, 5) is 14.5. The number of carbonyl (C=O) groups excluding carboxylic acids is 1. The van der Waals surface area contributed by atoms with Crippen molar-refractivity contribution in [3.05, 3.63) is 24.3 Å². The van der Waals surface area contributed by atoms with Crippen molar-refractivity contribution in [3.63, 3.8) is 0 Å². The molecule has 0 heterocycles. The summed E-state index contributed by atoms with van der Waals surface area (Å²) in [5.41, 5.74) is 0.620. The Morgan fingerprint density at radius 3 is 2.32 bits per heavy atom. The van der Waals surface area contributed by atoms with Gasteiger partial charge >= 0.3 is 6.03 Å². The molecule has 122 valence electrons. The van der Waals surface area contributed by atoms with Gasteiger partial charge in [-0.3, -0.25) is 0 Å². The molecule has 0 aliphatic heterocycles. The van der Waals surface area contributed by atoms with Gasteiger partial charge in [-0.2, -0.15) is 0 Å². The highest BCUT2D eigenvalue weighted by Gasteiger charge is 2.32. The molecule has 1 aromatic rings. The van der Waals surface area contributed by atoms with E-state index in [1.165, 1.54) is 0 Å². The standard InChI is InChI=1S/C16H24N2O3S/c1-4-22(20,21)15-9-5-13(6-10-15)17-16(19)18(11-12(2)3)14-7-8-14/h5-6,9-10,12,14H,4,7-8,11H2,1-3H3,(H,17,19). The van der Waals surface area contributed by atoms with Crippen LogP contribution in [0.3, 0.4) is 0 Å². The minimum atomic E-state index is -3.20. The minimum absolute atomic E-state index is 0.0720. The van der Waals surface area contributed by atoms with Gasteiger partial charge in [0.2, 0.25) is 0 Å². The Kier molecular flexibility index (Phi) is 5.11. The molecule has 1 aromatic carbocycles. The van der Waals surface area contributed by atoms with Crippen LogP contribution in [0.4, 0.5) is 10.5 Å².